The molecule has 0 atom stereocenters. The molecule has 0 heteroatoms. The van der Waals surface area contributed by atoms with Gasteiger partial charge in [-0.15, -0.1) is 5.92 Å². The van der Waals surface area contributed by atoms with Gasteiger partial charge < -0.3 is 0 Å². The van der Waals surface area contributed by atoms with E-state index in [9.17, 15) is 0 Å². The van der Waals surface area contributed by atoms with E-state index in [4.69, 9.17) is 0 Å². The van der Waals surface area contributed by atoms with E-state index < -0.39 is 0 Å². The number of hydrogen-bond donors (Lipinski definition) is 0. The zero-order chi connectivity index (χ0) is 6.95. The summed E-state index contributed by atoms with van der Waals surface area (Å²) in [6, 6.07) is 0. The first kappa shape index (κ1) is 8.04. The molecule has 0 saturated heterocycles. The van der Waals surface area contributed by atoms with Crippen LogP contribution in [0.15, 0.2) is 24.3 Å². The molecule has 0 unspecified atom stereocenters. The molecule has 0 saturated carbocycles. The van der Waals surface area contributed by atoms with Crippen molar-refractivity contribution in [2.24, 2.45) is 0 Å². The van der Waals surface area contributed by atoms with Crippen LogP contribution in [0.1, 0.15) is 20.3 Å². The van der Waals surface area contributed by atoms with Crippen molar-refractivity contribution in [3.8, 4) is 11.8 Å². The molecule has 0 aromatic heterocycles. The van der Waals surface area contributed by atoms with Crippen molar-refractivity contribution in [3.05, 3.63) is 24.3 Å². The van der Waals surface area contributed by atoms with Crippen molar-refractivity contribution < 1.29 is 0 Å². The number of hydrogen-bond acceptors (Lipinski definition) is 0. The summed E-state index contributed by atoms with van der Waals surface area (Å²) in [6.07, 6.45) is 8.90. The highest BCUT2D eigenvalue weighted by Crippen LogP contribution is 1.80. The molecule has 0 N–H and O–H groups in total. The Labute approximate surface area is 57.3 Å². The fourth-order valence-corrected chi connectivity index (χ4v) is 0.419. The Balaban J connectivity index is 3.32. The van der Waals surface area contributed by atoms with Crippen LogP contribution in [0, 0.1) is 11.8 Å². The van der Waals surface area contributed by atoms with Crippen LogP contribution in [0.3, 0.4) is 0 Å². The standard InChI is InChI=1S/C9H12/c1-3-5-7-9-8-6-4-2/h3,5,7,9H,8H2,1-2H3/b5-3-,9-7-. The molecule has 0 aliphatic heterocycles. The number of allylic oxidation sites excluding steroid dienone is 4. The monoisotopic (exact) mass is 120 g/mol. The lowest BCUT2D eigenvalue weighted by Gasteiger charge is -1.72. The van der Waals surface area contributed by atoms with E-state index in [1.807, 2.05) is 38.2 Å². The topological polar surface area (TPSA) is 0 Å². The van der Waals surface area contributed by atoms with Crippen molar-refractivity contribution in [1.82, 2.24) is 0 Å². The van der Waals surface area contributed by atoms with Crippen LogP contribution in [-0.2, 0) is 0 Å². The fraction of sp³-hybridized carbons (Fsp3) is 0.333. The van der Waals surface area contributed by atoms with Crippen molar-refractivity contribution in [3.63, 3.8) is 0 Å². The third kappa shape index (κ3) is 7.04. The van der Waals surface area contributed by atoms with E-state index in [0.717, 1.165) is 6.42 Å². The summed E-state index contributed by atoms with van der Waals surface area (Å²) in [5.74, 6) is 5.76. The zero-order valence-electron chi connectivity index (χ0n) is 6.02. The molecular formula is C9H12. The first-order valence-electron chi connectivity index (χ1n) is 3.09. The smallest absolute Gasteiger partial charge is 0.0272 e. The second kappa shape index (κ2) is 7.04. The van der Waals surface area contributed by atoms with Crippen LogP contribution in [0.2, 0.25) is 0 Å². The second-order valence-corrected chi connectivity index (χ2v) is 1.58. The molecule has 0 aromatic carbocycles. The minimum Gasteiger partial charge on any atom is -0.106 e. The zero-order valence-corrected chi connectivity index (χ0v) is 6.02. The maximum absolute atomic E-state index is 2.94. The highest BCUT2D eigenvalue weighted by Gasteiger charge is 1.63. The van der Waals surface area contributed by atoms with Gasteiger partial charge in [-0.05, 0) is 13.8 Å². The summed E-state index contributed by atoms with van der Waals surface area (Å²) in [7, 11) is 0. The van der Waals surface area contributed by atoms with Gasteiger partial charge in [0.15, 0.2) is 0 Å². The van der Waals surface area contributed by atoms with E-state index >= 15 is 0 Å². The minimum absolute atomic E-state index is 0.862. The molecule has 0 radical (unpaired) electrons. The SMILES string of the molecule is CC#CC/C=C\C=C/C. The van der Waals surface area contributed by atoms with Gasteiger partial charge >= 0.3 is 0 Å². The summed E-state index contributed by atoms with van der Waals surface area (Å²) < 4.78 is 0. The fourth-order valence-electron chi connectivity index (χ4n) is 0.419. The predicted octanol–water partition coefficient (Wildman–Crippen LogP) is 2.53. The van der Waals surface area contributed by atoms with Gasteiger partial charge in [0.25, 0.3) is 0 Å². The normalized spacial score (nSPS) is 10.0. The van der Waals surface area contributed by atoms with Crippen LogP contribution < -0.4 is 0 Å². The lowest BCUT2D eigenvalue weighted by atomic mass is 10.3. The quantitative estimate of drug-likeness (QED) is 0.388. The van der Waals surface area contributed by atoms with Crippen LogP contribution in [0.5, 0.6) is 0 Å². The van der Waals surface area contributed by atoms with Gasteiger partial charge in [0.1, 0.15) is 0 Å². The highest BCUT2D eigenvalue weighted by molar-refractivity contribution is 5.07. The molecule has 0 nitrogen and oxygen atoms in total. The van der Waals surface area contributed by atoms with Crippen molar-refractivity contribution >= 4 is 0 Å². The Morgan fingerprint density at radius 2 is 2.11 bits per heavy atom. The molecule has 0 fully saturated rings. The third-order valence-corrected chi connectivity index (χ3v) is 0.836. The largest absolute Gasteiger partial charge is 0.106 e. The van der Waals surface area contributed by atoms with Gasteiger partial charge in [-0.25, -0.2) is 0 Å². The van der Waals surface area contributed by atoms with Gasteiger partial charge in [-0.1, -0.05) is 30.2 Å². The van der Waals surface area contributed by atoms with E-state index in [1.54, 1.807) is 0 Å². The molecule has 0 amide bonds. The maximum Gasteiger partial charge on any atom is 0.0272 e. The Kier molecular flexibility index (Phi) is 6.29. The Morgan fingerprint density at radius 3 is 2.67 bits per heavy atom. The molecule has 9 heavy (non-hydrogen) atoms. The molecule has 0 aromatic rings. The third-order valence-electron chi connectivity index (χ3n) is 0.836. The van der Waals surface area contributed by atoms with Gasteiger partial charge in [0.05, 0.1) is 0 Å². The van der Waals surface area contributed by atoms with Crippen molar-refractivity contribution in [2.75, 3.05) is 0 Å². The minimum atomic E-state index is 0.862. The van der Waals surface area contributed by atoms with Gasteiger partial charge in [0.2, 0.25) is 0 Å². The van der Waals surface area contributed by atoms with E-state index in [1.165, 1.54) is 0 Å². The van der Waals surface area contributed by atoms with Crippen LogP contribution >= 0.6 is 0 Å². The van der Waals surface area contributed by atoms with Gasteiger partial charge in [-0.3, -0.25) is 0 Å². The van der Waals surface area contributed by atoms with E-state index in [2.05, 4.69) is 11.8 Å². The first-order valence-corrected chi connectivity index (χ1v) is 3.09. The molecule has 0 bridgehead atoms. The predicted molar refractivity (Wildman–Crippen MR) is 42.0 cm³/mol. The average molecular weight is 120 g/mol. The Bertz CT molecular complexity index is 151. The van der Waals surface area contributed by atoms with E-state index in [0.29, 0.717) is 0 Å². The summed E-state index contributed by atoms with van der Waals surface area (Å²) in [4.78, 5) is 0. The summed E-state index contributed by atoms with van der Waals surface area (Å²) in [5, 5.41) is 0. The summed E-state index contributed by atoms with van der Waals surface area (Å²) >= 11 is 0. The molecular weight excluding hydrogens is 108 g/mol. The highest BCUT2D eigenvalue weighted by atomic mass is 13.7. The maximum atomic E-state index is 2.94. The summed E-state index contributed by atoms with van der Waals surface area (Å²) in [6.45, 7) is 3.85. The van der Waals surface area contributed by atoms with Gasteiger partial charge in [0, 0.05) is 6.42 Å². The summed E-state index contributed by atoms with van der Waals surface area (Å²) in [5.41, 5.74) is 0. The van der Waals surface area contributed by atoms with Gasteiger partial charge in [-0.2, -0.15) is 0 Å². The lowest BCUT2D eigenvalue weighted by molar-refractivity contribution is 1.46. The average Bonchev–Trinajstić information content (AvgIpc) is 1.89. The van der Waals surface area contributed by atoms with Crippen LogP contribution in [-0.4, -0.2) is 0 Å². The van der Waals surface area contributed by atoms with Crippen molar-refractivity contribution in [1.29, 1.82) is 0 Å². The van der Waals surface area contributed by atoms with Crippen LogP contribution in [0.25, 0.3) is 0 Å². The molecule has 0 rings (SSSR count). The lowest BCUT2D eigenvalue weighted by Crippen LogP contribution is -1.55. The molecule has 48 valence electrons. The molecule has 0 heterocycles. The van der Waals surface area contributed by atoms with E-state index in [-0.39, 0.29) is 0 Å². The van der Waals surface area contributed by atoms with Crippen LogP contribution in [0.4, 0.5) is 0 Å². The Hall–Kier alpha value is -0.960. The van der Waals surface area contributed by atoms with Crippen molar-refractivity contribution in [2.45, 2.75) is 20.3 Å². The number of rotatable bonds is 2. The Morgan fingerprint density at radius 1 is 1.33 bits per heavy atom. The molecule has 0 aliphatic rings. The first-order chi connectivity index (χ1) is 4.41. The second-order valence-electron chi connectivity index (χ2n) is 1.58. The molecule has 0 spiro atoms. The molecule has 0 aliphatic carbocycles.